The molecule has 7 heteroatoms. The minimum Gasteiger partial charge on any atom is -0.352 e. The summed E-state index contributed by atoms with van der Waals surface area (Å²) in [6.45, 7) is 5.40. The number of nitrogens with zero attached hydrogens (tertiary/aromatic N) is 6. The van der Waals surface area contributed by atoms with Gasteiger partial charge in [-0.2, -0.15) is 5.26 Å². The molecule has 6 nitrogen and oxygen atoms in total. The van der Waals surface area contributed by atoms with Gasteiger partial charge < -0.3 is 9.80 Å². The number of hydrogen-bond acceptors (Lipinski definition) is 7. The lowest BCUT2D eigenvalue weighted by molar-refractivity contribution is 0.641. The van der Waals surface area contributed by atoms with Gasteiger partial charge >= 0.3 is 0 Å². The van der Waals surface area contributed by atoms with Crippen LogP contribution in [0.1, 0.15) is 28.2 Å². The minimum atomic E-state index is 0.641. The Hall–Kier alpha value is -2.72. The highest BCUT2D eigenvalue weighted by Gasteiger charge is 2.27. The van der Waals surface area contributed by atoms with E-state index in [0.717, 1.165) is 54.9 Å². The van der Waals surface area contributed by atoms with E-state index in [9.17, 15) is 5.26 Å². The summed E-state index contributed by atoms with van der Waals surface area (Å²) in [4.78, 5) is 21.2. The Labute approximate surface area is 162 Å². The summed E-state index contributed by atoms with van der Waals surface area (Å²) in [7, 11) is 0. The van der Waals surface area contributed by atoms with Crippen molar-refractivity contribution in [3.05, 3.63) is 40.2 Å². The topological polar surface area (TPSA) is 68.9 Å². The summed E-state index contributed by atoms with van der Waals surface area (Å²) in [6.07, 6.45) is 5.33. The summed E-state index contributed by atoms with van der Waals surface area (Å²) < 4.78 is 0. The zero-order valence-corrected chi connectivity index (χ0v) is 16.1. The maximum Gasteiger partial charge on any atom is 0.146 e. The molecular weight excluding hydrogens is 356 g/mol. The maximum atomic E-state index is 9.35. The van der Waals surface area contributed by atoms with Gasteiger partial charge in [-0.05, 0) is 43.9 Å². The molecule has 1 fully saturated rings. The molecule has 0 bridgehead atoms. The molecule has 0 amide bonds. The smallest absolute Gasteiger partial charge is 0.146 e. The number of aryl methyl sites for hydroxylation is 3. The van der Waals surface area contributed by atoms with Crippen LogP contribution in [0.15, 0.2) is 18.3 Å². The van der Waals surface area contributed by atoms with Crippen LogP contribution in [0.25, 0.3) is 10.2 Å². The Kier molecular flexibility index (Phi) is 3.94. The molecule has 1 saturated heterocycles. The van der Waals surface area contributed by atoms with Crippen molar-refractivity contribution < 1.29 is 0 Å². The van der Waals surface area contributed by atoms with Crippen LogP contribution in [0.3, 0.4) is 0 Å². The Morgan fingerprint density at radius 3 is 2.63 bits per heavy atom. The quantitative estimate of drug-likeness (QED) is 0.685. The Bertz CT molecular complexity index is 1060. The van der Waals surface area contributed by atoms with E-state index in [-0.39, 0.29) is 0 Å². The highest BCUT2D eigenvalue weighted by Crippen LogP contribution is 2.40. The molecule has 0 atom stereocenters. The van der Waals surface area contributed by atoms with Crippen molar-refractivity contribution in [3.8, 4) is 6.07 Å². The summed E-state index contributed by atoms with van der Waals surface area (Å²) in [5, 5.41) is 10.6. The molecule has 0 spiro atoms. The Morgan fingerprint density at radius 1 is 1.07 bits per heavy atom. The van der Waals surface area contributed by atoms with E-state index in [1.807, 2.05) is 30.4 Å². The van der Waals surface area contributed by atoms with Crippen molar-refractivity contribution in [2.45, 2.75) is 26.2 Å². The van der Waals surface area contributed by atoms with Gasteiger partial charge in [0, 0.05) is 37.3 Å². The van der Waals surface area contributed by atoms with E-state index < -0.39 is 0 Å². The second-order valence-electron chi connectivity index (χ2n) is 7.09. The standard InChI is InChI=1S/C20H20N6S/c1-13-23-19(17-15-5-2-6-16(15)27-20(17)24-13)26-10-8-25(9-11-26)18-14(12-21)4-3-7-22-18/h3-4,7H,2,5-6,8-11H2,1H3. The molecule has 3 aromatic rings. The fourth-order valence-corrected chi connectivity index (χ4v) is 5.48. The molecule has 1 aliphatic carbocycles. The number of anilines is 2. The molecule has 4 heterocycles. The summed E-state index contributed by atoms with van der Waals surface area (Å²) in [5.74, 6) is 2.73. The summed E-state index contributed by atoms with van der Waals surface area (Å²) >= 11 is 1.85. The van der Waals surface area contributed by atoms with Gasteiger partial charge in [-0.25, -0.2) is 15.0 Å². The highest BCUT2D eigenvalue weighted by atomic mass is 32.1. The molecule has 0 radical (unpaired) electrons. The third kappa shape index (κ3) is 2.72. The molecule has 5 rings (SSSR count). The molecule has 2 aliphatic rings. The predicted molar refractivity (Wildman–Crippen MR) is 108 cm³/mol. The van der Waals surface area contributed by atoms with Crippen LogP contribution >= 0.6 is 11.3 Å². The maximum absolute atomic E-state index is 9.35. The zero-order chi connectivity index (χ0) is 18.4. The van der Waals surface area contributed by atoms with Crippen molar-refractivity contribution >= 4 is 33.2 Å². The average Bonchev–Trinajstić information content (AvgIpc) is 3.28. The van der Waals surface area contributed by atoms with Gasteiger partial charge in [0.1, 0.15) is 28.4 Å². The molecule has 0 unspecified atom stereocenters. The molecule has 0 aromatic carbocycles. The average molecular weight is 376 g/mol. The lowest BCUT2D eigenvalue weighted by atomic mass is 10.1. The van der Waals surface area contributed by atoms with Gasteiger partial charge in [-0.3, -0.25) is 0 Å². The van der Waals surface area contributed by atoms with Gasteiger partial charge in [0.15, 0.2) is 0 Å². The summed E-state index contributed by atoms with van der Waals surface area (Å²) in [5.41, 5.74) is 2.12. The van der Waals surface area contributed by atoms with Crippen LogP contribution in [-0.4, -0.2) is 41.1 Å². The first kappa shape index (κ1) is 16.5. The molecule has 0 N–H and O–H groups in total. The number of aromatic nitrogens is 3. The third-order valence-electron chi connectivity index (χ3n) is 5.44. The largest absolute Gasteiger partial charge is 0.352 e. The predicted octanol–water partition coefficient (Wildman–Crippen LogP) is 3.08. The first-order valence-corrected chi connectivity index (χ1v) is 10.2. The third-order valence-corrected chi connectivity index (χ3v) is 6.63. The number of pyridine rings is 1. The zero-order valence-electron chi connectivity index (χ0n) is 15.3. The van der Waals surface area contributed by atoms with Crippen LogP contribution in [-0.2, 0) is 12.8 Å². The Balaban J connectivity index is 1.46. The van der Waals surface area contributed by atoms with E-state index in [1.54, 1.807) is 6.20 Å². The summed E-state index contributed by atoms with van der Waals surface area (Å²) in [6, 6.07) is 5.90. The van der Waals surface area contributed by atoms with E-state index in [1.165, 1.54) is 28.7 Å². The van der Waals surface area contributed by atoms with Crippen molar-refractivity contribution in [1.29, 1.82) is 5.26 Å². The fraction of sp³-hybridized carbons (Fsp3) is 0.400. The molecule has 0 saturated carbocycles. The van der Waals surface area contributed by atoms with Crippen LogP contribution in [0.5, 0.6) is 0 Å². The monoisotopic (exact) mass is 376 g/mol. The number of piperazine rings is 1. The van der Waals surface area contributed by atoms with Gasteiger partial charge in [-0.1, -0.05) is 0 Å². The normalized spacial score (nSPS) is 16.6. The van der Waals surface area contributed by atoms with E-state index >= 15 is 0 Å². The molecule has 3 aromatic heterocycles. The van der Waals surface area contributed by atoms with E-state index in [4.69, 9.17) is 9.97 Å². The fourth-order valence-electron chi connectivity index (χ4n) is 4.18. The van der Waals surface area contributed by atoms with Crippen LogP contribution in [0, 0.1) is 18.3 Å². The first-order valence-electron chi connectivity index (χ1n) is 9.38. The first-order chi connectivity index (χ1) is 13.2. The number of thiophene rings is 1. The number of hydrogen-bond donors (Lipinski definition) is 0. The van der Waals surface area contributed by atoms with Crippen LogP contribution < -0.4 is 9.80 Å². The molecule has 136 valence electrons. The second kappa shape index (κ2) is 6.46. The lowest BCUT2D eigenvalue weighted by Crippen LogP contribution is -2.47. The number of rotatable bonds is 2. The van der Waals surface area contributed by atoms with Gasteiger partial charge in [-0.15, -0.1) is 11.3 Å². The van der Waals surface area contributed by atoms with Crippen molar-refractivity contribution in [2.24, 2.45) is 0 Å². The molecule has 27 heavy (non-hydrogen) atoms. The van der Waals surface area contributed by atoms with Gasteiger partial charge in [0.05, 0.1) is 10.9 Å². The van der Waals surface area contributed by atoms with E-state index in [0.29, 0.717) is 5.56 Å². The van der Waals surface area contributed by atoms with E-state index in [2.05, 4.69) is 20.9 Å². The number of nitriles is 1. The van der Waals surface area contributed by atoms with Crippen LogP contribution in [0.2, 0.25) is 0 Å². The number of fused-ring (bicyclic) bond motifs is 3. The molecular formula is C20H20N6S. The van der Waals surface area contributed by atoms with Crippen molar-refractivity contribution in [1.82, 2.24) is 15.0 Å². The van der Waals surface area contributed by atoms with Crippen LogP contribution in [0.4, 0.5) is 11.6 Å². The Morgan fingerprint density at radius 2 is 1.85 bits per heavy atom. The van der Waals surface area contributed by atoms with Crippen molar-refractivity contribution in [3.63, 3.8) is 0 Å². The second-order valence-corrected chi connectivity index (χ2v) is 8.18. The van der Waals surface area contributed by atoms with Crippen molar-refractivity contribution in [2.75, 3.05) is 36.0 Å². The minimum absolute atomic E-state index is 0.641. The van der Waals surface area contributed by atoms with Gasteiger partial charge in [0.25, 0.3) is 0 Å². The molecule has 1 aliphatic heterocycles. The SMILES string of the molecule is Cc1nc(N2CCN(c3ncccc3C#N)CC2)c2c3c(sc2n1)CCC3. The van der Waals surface area contributed by atoms with Gasteiger partial charge in [0.2, 0.25) is 0 Å². The lowest BCUT2D eigenvalue weighted by Gasteiger charge is -2.36. The highest BCUT2D eigenvalue weighted by molar-refractivity contribution is 7.19.